The number of benzene rings is 2. The fourth-order valence-electron chi connectivity index (χ4n) is 1.86. The SMILES string of the molecule is C/C(=N/NC(=S)Nc1ccccc1[N+](=O)[O-])c1cc(F)ccc1F. The van der Waals surface area contributed by atoms with Gasteiger partial charge in [0, 0.05) is 11.6 Å². The summed E-state index contributed by atoms with van der Waals surface area (Å²) in [6, 6.07) is 8.93. The normalized spacial score (nSPS) is 11.0. The average Bonchev–Trinajstić information content (AvgIpc) is 2.55. The van der Waals surface area contributed by atoms with Gasteiger partial charge in [-0.3, -0.25) is 15.5 Å². The third-order valence-corrected chi connectivity index (χ3v) is 3.19. The van der Waals surface area contributed by atoms with Crippen LogP contribution in [0.1, 0.15) is 12.5 Å². The minimum atomic E-state index is -0.628. The Morgan fingerprint density at radius 1 is 1.25 bits per heavy atom. The molecule has 0 amide bonds. The van der Waals surface area contributed by atoms with E-state index >= 15 is 0 Å². The molecule has 0 saturated carbocycles. The maximum atomic E-state index is 13.6. The number of rotatable bonds is 4. The zero-order chi connectivity index (χ0) is 17.7. The number of para-hydroxylation sites is 2. The van der Waals surface area contributed by atoms with E-state index in [0.717, 1.165) is 18.2 Å². The zero-order valence-electron chi connectivity index (χ0n) is 12.4. The molecule has 124 valence electrons. The number of nitro benzene ring substituents is 1. The minimum absolute atomic E-state index is 0.0176. The molecule has 0 heterocycles. The van der Waals surface area contributed by atoms with Crippen molar-refractivity contribution in [1.82, 2.24) is 5.43 Å². The highest BCUT2D eigenvalue weighted by molar-refractivity contribution is 7.80. The first-order chi connectivity index (χ1) is 11.4. The number of nitro groups is 1. The van der Waals surface area contributed by atoms with Crippen LogP contribution in [0.5, 0.6) is 0 Å². The fourth-order valence-corrected chi connectivity index (χ4v) is 2.01. The molecule has 0 unspecified atom stereocenters. The van der Waals surface area contributed by atoms with Gasteiger partial charge in [0.2, 0.25) is 0 Å². The standard InChI is InChI=1S/C15H12F2N4O2S/c1-9(11-8-10(16)6-7-12(11)17)19-20-15(24)18-13-4-2-3-5-14(13)21(22)23/h2-8H,1H3,(H2,18,20,24)/b19-9-. The van der Waals surface area contributed by atoms with Crippen LogP contribution in [-0.4, -0.2) is 15.7 Å². The number of thiocarbonyl (C=S) groups is 1. The van der Waals surface area contributed by atoms with Crippen molar-refractivity contribution in [3.8, 4) is 0 Å². The predicted octanol–water partition coefficient (Wildman–Crippen LogP) is 3.58. The van der Waals surface area contributed by atoms with E-state index in [1.165, 1.54) is 25.1 Å². The lowest BCUT2D eigenvalue weighted by Gasteiger charge is -2.09. The second-order valence-corrected chi connectivity index (χ2v) is 5.07. The van der Waals surface area contributed by atoms with E-state index in [9.17, 15) is 18.9 Å². The lowest BCUT2D eigenvalue weighted by Crippen LogP contribution is -2.25. The summed E-state index contributed by atoms with van der Waals surface area (Å²) in [6.07, 6.45) is 0. The summed E-state index contributed by atoms with van der Waals surface area (Å²) in [5.41, 5.74) is 2.62. The van der Waals surface area contributed by atoms with E-state index < -0.39 is 16.6 Å². The zero-order valence-corrected chi connectivity index (χ0v) is 13.2. The van der Waals surface area contributed by atoms with Gasteiger partial charge in [0.1, 0.15) is 17.3 Å². The second kappa shape index (κ2) is 7.55. The highest BCUT2D eigenvalue weighted by Crippen LogP contribution is 2.22. The van der Waals surface area contributed by atoms with E-state index in [0.29, 0.717) is 0 Å². The number of nitrogens with one attached hydrogen (secondary N) is 2. The van der Waals surface area contributed by atoms with Gasteiger partial charge < -0.3 is 5.32 Å². The third-order valence-electron chi connectivity index (χ3n) is 2.99. The topological polar surface area (TPSA) is 79.6 Å². The quantitative estimate of drug-likeness (QED) is 0.381. The Balaban J connectivity index is 2.10. The van der Waals surface area contributed by atoms with Crippen molar-refractivity contribution in [2.45, 2.75) is 6.92 Å². The van der Waals surface area contributed by atoms with Crippen LogP contribution < -0.4 is 10.7 Å². The van der Waals surface area contributed by atoms with Crippen LogP contribution in [0.3, 0.4) is 0 Å². The molecule has 0 bridgehead atoms. The lowest BCUT2D eigenvalue weighted by atomic mass is 10.1. The lowest BCUT2D eigenvalue weighted by molar-refractivity contribution is -0.383. The molecule has 6 nitrogen and oxygen atoms in total. The van der Waals surface area contributed by atoms with E-state index in [4.69, 9.17) is 12.2 Å². The first kappa shape index (κ1) is 17.4. The van der Waals surface area contributed by atoms with Crippen molar-refractivity contribution < 1.29 is 13.7 Å². The number of anilines is 1. The maximum Gasteiger partial charge on any atom is 0.292 e. The fraction of sp³-hybridized carbons (Fsp3) is 0.0667. The van der Waals surface area contributed by atoms with Gasteiger partial charge in [-0.2, -0.15) is 5.10 Å². The first-order valence-corrected chi connectivity index (χ1v) is 7.09. The molecule has 9 heteroatoms. The molecule has 0 aliphatic heterocycles. The highest BCUT2D eigenvalue weighted by Gasteiger charge is 2.13. The van der Waals surface area contributed by atoms with Crippen LogP contribution in [0, 0.1) is 21.7 Å². The van der Waals surface area contributed by atoms with Crippen molar-refractivity contribution in [3.63, 3.8) is 0 Å². The molecule has 0 atom stereocenters. The van der Waals surface area contributed by atoms with Crippen LogP contribution in [0.4, 0.5) is 20.2 Å². The molecule has 0 aromatic heterocycles. The van der Waals surface area contributed by atoms with Crippen molar-refractivity contribution in [3.05, 3.63) is 69.8 Å². The average molecular weight is 350 g/mol. The Hall–Kier alpha value is -2.94. The van der Waals surface area contributed by atoms with Crippen LogP contribution in [0.25, 0.3) is 0 Å². The second-order valence-electron chi connectivity index (χ2n) is 4.66. The Morgan fingerprint density at radius 3 is 2.67 bits per heavy atom. The highest BCUT2D eigenvalue weighted by atomic mass is 32.1. The summed E-state index contributed by atoms with van der Waals surface area (Å²) < 4.78 is 26.8. The largest absolute Gasteiger partial charge is 0.326 e. The minimum Gasteiger partial charge on any atom is -0.326 e. The van der Waals surface area contributed by atoms with Gasteiger partial charge in [-0.15, -0.1) is 0 Å². The summed E-state index contributed by atoms with van der Waals surface area (Å²) >= 11 is 4.99. The van der Waals surface area contributed by atoms with Crippen LogP contribution in [-0.2, 0) is 0 Å². The first-order valence-electron chi connectivity index (χ1n) is 6.68. The van der Waals surface area contributed by atoms with Crippen LogP contribution >= 0.6 is 12.2 Å². The molecule has 2 aromatic rings. The molecule has 24 heavy (non-hydrogen) atoms. The van der Waals surface area contributed by atoms with Crippen molar-refractivity contribution in [2.75, 3.05) is 5.32 Å². The number of halogens is 2. The predicted molar refractivity (Wildman–Crippen MR) is 91.0 cm³/mol. The Labute approximate surface area is 141 Å². The van der Waals surface area contributed by atoms with Gasteiger partial charge >= 0.3 is 0 Å². The molecule has 0 radical (unpaired) electrons. The van der Waals surface area contributed by atoms with E-state index in [2.05, 4.69) is 15.8 Å². The van der Waals surface area contributed by atoms with Gasteiger partial charge in [0.25, 0.3) is 5.69 Å². The molecule has 2 N–H and O–H groups in total. The molecular weight excluding hydrogens is 338 g/mol. The molecule has 0 aliphatic carbocycles. The smallest absolute Gasteiger partial charge is 0.292 e. The van der Waals surface area contributed by atoms with E-state index in [1.807, 2.05) is 0 Å². The molecule has 0 saturated heterocycles. The van der Waals surface area contributed by atoms with Crippen molar-refractivity contribution in [1.29, 1.82) is 0 Å². The monoisotopic (exact) mass is 350 g/mol. The molecule has 0 fully saturated rings. The van der Waals surface area contributed by atoms with Crippen LogP contribution in [0.15, 0.2) is 47.6 Å². The molecule has 2 aromatic carbocycles. The summed E-state index contributed by atoms with van der Waals surface area (Å²) in [5.74, 6) is -1.22. The Morgan fingerprint density at radius 2 is 1.96 bits per heavy atom. The van der Waals surface area contributed by atoms with Gasteiger partial charge in [0.15, 0.2) is 5.11 Å². The summed E-state index contributed by atoms with van der Waals surface area (Å²) in [4.78, 5) is 10.4. The van der Waals surface area contributed by atoms with Crippen molar-refractivity contribution >= 4 is 34.4 Å². The summed E-state index contributed by atoms with van der Waals surface area (Å²) in [6.45, 7) is 1.47. The van der Waals surface area contributed by atoms with E-state index in [-0.39, 0.29) is 27.8 Å². The Kier molecular flexibility index (Phi) is 5.48. The van der Waals surface area contributed by atoms with E-state index in [1.54, 1.807) is 6.07 Å². The number of hydrazone groups is 1. The number of hydrogen-bond acceptors (Lipinski definition) is 4. The molecular formula is C15H12F2N4O2S. The molecule has 2 rings (SSSR count). The third kappa shape index (κ3) is 4.29. The summed E-state index contributed by atoms with van der Waals surface area (Å²) in [5, 5.41) is 17.4. The summed E-state index contributed by atoms with van der Waals surface area (Å²) in [7, 11) is 0. The van der Waals surface area contributed by atoms with Gasteiger partial charge in [-0.25, -0.2) is 8.78 Å². The Bertz CT molecular complexity index is 827. The molecule has 0 spiro atoms. The van der Waals surface area contributed by atoms with Gasteiger partial charge in [-0.05, 0) is 43.4 Å². The van der Waals surface area contributed by atoms with Crippen molar-refractivity contribution in [2.24, 2.45) is 5.10 Å². The maximum absolute atomic E-state index is 13.6. The number of hydrogen-bond donors (Lipinski definition) is 2. The van der Waals surface area contributed by atoms with Crippen LogP contribution in [0.2, 0.25) is 0 Å². The molecule has 0 aliphatic rings. The number of nitrogens with zero attached hydrogens (tertiary/aromatic N) is 2. The van der Waals surface area contributed by atoms with Gasteiger partial charge in [0.05, 0.1) is 10.6 Å². The van der Waals surface area contributed by atoms with Gasteiger partial charge in [-0.1, -0.05) is 12.1 Å².